The summed E-state index contributed by atoms with van der Waals surface area (Å²) >= 11 is 0. The third-order valence-corrected chi connectivity index (χ3v) is 4.43. The molecular formula is C16H23N7O2. The van der Waals surface area contributed by atoms with E-state index in [9.17, 15) is 9.59 Å². The minimum Gasteiger partial charge on any atom is -0.350 e. The molecule has 0 aromatic carbocycles. The molecule has 134 valence electrons. The third-order valence-electron chi connectivity index (χ3n) is 4.43. The lowest BCUT2D eigenvalue weighted by Crippen LogP contribution is -2.51. The number of anilines is 1. The van der Waals surface area contributed by atoms with E-state index in [-0.39, 0.29) is 17.6 Å². The van der Waals surface area contributed by atoms with Crippen LogP contribution in [-0.2, 0) is 13.6 Å². The summed E-state index contributed by atoms with van der Waals surface area (Å²) in [5.41, 5.74) is 1.77. The first-order valence-corrected chi connectivity index (χ1v) is 8.34. The predicted octanol–water partition coefficient (Wildman–Crippen LogP) is 0.280. The number of carbonyl (C=O) groups excluding carboxylic acids is 1. The van der Waals surface area contributed by atoms with Crippen LogP contribution in [0.5, 0.6) is 0 Å². The highest BCUT2D eigenvalue weighted by molar-refractivity contribution is 5.74. The number of rotatable bonds is 4. The average Bonchev–Trinajstić information content (AvgIpc) is 3.01. The Kier molecular flexibility index (Phi) is 5.01. The summed E-state index contributed by atoms with van der Waals surface area (Å²) in [6, 6.07) is -0.243. The molecule has 9 heteroatoms. The zero-order valence-corrected chi connectivity index (χ0v) is 14.5. The molecule has 1 saturated heterocycles. The van der Waals surface area contributed by atoms with Crippen molar-refractivity contribution in [2.24, 2.45) is 7.05 Å². The van der Waals surface area contributed by atoms with Gasteiger partial charge in [0, 0.05) is 56.4 Å². The van der Waals surface area contributed by atoms with Gasteiger partial charge in [0.2, 0.25) is 0 Å². The van der Waals surface area contributed by atoms with Crippen molar-refractivity contribution in [2.75, 3.05) is 18.0 Å². The Balaban J connectivity index is 1.56. The van der Waals surface area contributed by atoms with E-state index in [2.05, 4.69) is 25.8 Å². The van der Waals surface area contributed by atoms with Crippen LogP contribution in [0.3, 0.4) is 0 Å². The Morgan fingerprint density at radius 3 is 3.08 bits per heavy atom. The van der Waals surface area contributed by atoms with Gasteiger partial charge in [-0.25, -0.2) is 9.78 Å². The van der Waals surface area contributed by atoms with Crippen LogP contribution >= 0.6 is 0 Å². The van der Waals surface area contributed by atoms with E-state index in [0.717, 1.165) is 30.6 Å². The van der Waals surface area contributed by atoms with Crippen molar-refractivity contribution in [3.8, 4) is 0 Å². The number of carbonyl (C=O) groups is 1. The maximum Gasteiger partial charge on any atom is 0.315 e. The summed E-state index contributed by atoms with van der Waals surface area (Å²) in [4.78, 5) is 30.5. The van der Waals surface area contributed by atoms with E-state index in [1.165, 1.54) is 4.57 Å². The van der Waals surface area contributed by atoms with Gasteiger partial charge in [-0.2, -0.15) is 5.10 Å². The fraction of sp³-hybridized carbons (Fsp3) is 0.500. The van der Waals surface area contributed by atoms with E-state index >= 15 is 0 Å². The summed E-state index contributed by atoms with van der Waals surface area (Å²) in [5, 5.41) is 12.6. The molecule has 2 aromatic rings. The van der Waals surface area contributed by atoms with Crippen LogP contribution in [0, 0.1) is 6.92 Å². The molecule has 3 heterocycles. The number of aromatic nitrogens is 4. The maximum atomic E-state index is 12.2. The van der Waals surface area contributed by atoms with E-state index in [0.29, 0.717) is 18.9 Å². The molecule has 25 heavy (non-hydrogen) atoms. The minimum absolute atomic E-state index is 0.0223. The molecule has 2 amide bonds. The van der Waals surface area contributed by atoms with Gasteiger partial charge < -0.3 is 20.1 Å². The van der Waals surface area contributed by atoms with Gasteiger partial charge in [-0.05, 0) is 19.8 Å². The first-order valence-electron chi connectivity index (χ1n) is 8.34. The predicted molar refractivity (Wildman–Crippen MR) is 93.4 cm³/mol. The molecule has 1 aliphatic heterocycles. The van der Waals surface area contributed by atoms with Gasteiger partial charge in [0.1, 0.15) is 0 Å². The van der Waals surface area contributed by atoms with Crippen LogP contribution in [0.25, 0.3) is 0 Å². The van der Waals surface area contributed by atoms with E-state index in [1.54, 1.807) is 25.6 Å². The second kappa shape index (κ2) is 7.37. The SMILES string of the molecule is Cc1[nH]ncc1CNC(=O)NC1CCCN(c2nccn(C)c2=O)C1. The number of urea groups is 1. The Morgan fingerprint density at radius 1 is 1.48 bits per heavy atom. The summed E-state index contributed by atoms with van der Waals surface area (Å²) in [5.74, 6) is 0.436. The molecule has 2 aromatic heterocycles. The second-order valence-electron chi connectivity index (χ2n) is 6.30. The van der Waals surface area contributed by atoms with Crippen LogP contribution in [0.4, 0.5) is 10.6 Å². The van der Waals surface area contributed by atoms with Gasteiger partial charge in [0.05, 0.1) is 6.20 Å². The minimum atomic E-state index is -0.221. The lowest BCUT2D eigenvalue weighted by atomic mass is 10.1. The van der Waals surface area contributed by atoms with Crippen LogP contribution in [0.2, 0.25) is 0 Å². The molecule has 9 nitrogen and oxygen atoms in total. The Bertz CT molecular complexity index is 798. The van der Waals surface area contributed by atoms with E-state index < -0.39 is 0 Å². The zero-order valence-electron chi connectivity index (χ0n) is 14.5. The fourth-order valence-corrected chi connectivity index (χ4v) is 2.95. The molecule has 0 bridgehead atoms. The zero-order chi connectivity index (χ0) is 17.8. The monoisotopic (exact) mass is 345 g/mol. The van der Waals surface area contributed by atoms with E-state index in [1.807, 2.05) is 11.8 Å². The number of amides is 2. The summed E-state index contributed by atoms with van der Waals surface area (Å²) in [7, 11) is 1.71. The highest BCUT2D eigenvalue weighted by atomic mass is 16.2. The van der Waals surface area contributed by atoms with Gasteiger partial charge >= 0.3 is 6.03 Å². The number of H-pyrrole nitrogens is 1. The van der Waals surface area contributed by atoms with Gasteiger partial charge in [0.25, 0.3) is 5.56 Å². The summed E-state index contributed by atoms with van der Waals surface area (Å²) < 4.78 is 1.51. The second-order valence-corrected chi connectivity index (χ2v) is 6.30. The van der Waals surface area contributed by atoms with Crippen molar-refractivity contribution in [1.82, 2.24) is 30.4 Å². The molecule has 3 N–H and O–H groups in total. The number of nitrogens with one attached hydrogen (secondary N) is 3. The number of hydrogen-bond acceptors (Lipinski definition) is 5. The standard InChI is InChI=1S/C16H23N7O2/c1-11-12(9-19-21-11)8-18-16(25)20-13-4-3-6-23(10-13)14-15(24)22(2)7-5-17-14/h5,7,9,13H,3-4,6,8,10H2,1-2H3,(H,19,21)(H2,18,20,25). The van der Waals surface area contributed by atoms with Gasteiger partial charge in [0.15, 0.2) is 5.82 Å². The van der Waals surface area contributed by atoms with Crippen LogP contribution < -0.4 is 21.1 Å². The molecule has 0 saturated carbocycles. The fourth-order valence-electron chi connectivity index (χ4n) is 2.95. The number of nitrogens with zero attached hydrogens (tertiary/aromatic N) is 4. The van der Waals surface area contributed by atoms with Crippen LogP contribution in [0.1, 0.15) is 24.1 Å². The smallest absolute Gasteiger partial charge is 0.315 e. The highest BCUT2D eigenvalue weighted by Gasteiger charge is 2.24. The number of hydrogen-bond donors (Lipinski definition) is 3. The highest BCUT2D eigenvalue weighted by Crippen LogP contribution is 2.14. The van der Waals surface area contributed by atoms with Crippen molar-refractivity contribution < 1.29 is 4.79 Å². The lowest BCUT2D eigenvalue weighted by molar-refractivity contribution is 0.234. The van der Waals surface area contributed by atoms with Gasteiger partial charge in [-0.1, -0.05) is 0 Å². The number of piperidine rings is 1. The molecule has 1 fully saturated rings. The van der Waals surface area contributed by atoms with Crippen molar-refractivity contribution in [3.63, 3.8) is 0 Å². The Morgan fingerprint density at radius 2 is 2.32 bits per heavy atom. The van der Waals surface area contributed by atoms with Crippen molar-refractivity contribution in [2.45, 2.75) is 32.4 Å². The van der Waals surface area contributed by atoms with Crippen molar-refractivity contribution >= 4 is 11.8 Å². The quantitative estimate of drug-likeness (QED) is 0.738. The molecule has 1 aliphatic rings. The molecule has 1 atom stereocenters. The lowest BCUT2D eigenvalue weighted by Gasteiger charge is -2.33. The van der Waals surface area contributed by atoms with E-state index in [4.69, 9.17) is 0 Å². The van der Waals surface area contributed by atoms with Gasteiger partial charge in [-0.3, -0.25) is 9.89 Å². The third kappa shape index (κ3) is 3.98. The summed E-state index contributed by atoms with van der Waals surface area (Å²) in [6.07, 6.45) is 6.73. The first kappa shape index (κ1) is 17.0. The first-order chi connectivity index (χ1) is 12.0. The maximum absolute atomic E-state index is 12.2. The number of aryl methyl sites for hydroxylation is 2. The van der Waals surface area contributed by atoms with Crippen molar-refractivity contribution in [3.05, 3.63) is 40.2 Å². The molecular weight excluding hydrogens is 322 g/mol. The molecule has 3 rings (SSSR count). The van der Waals surface area contributed by atoms with Crippen LogP contribution in [0.15, 0.2) is 23.4 Å². The van der Waals surface area contributed by atoms with Crippen molar-refractivity contribution in [1.29, 1.82) is 0 Å². The topological polar surface area (TPSA) is 108 Å². The largest absolute Gasteiger partial charge is 0.350 e. The molecule has 0 aliphatic carbocycles. The molecule has 1 unspecified atom stereocenters. The van der Waals surface area contributed by atoms with Crippen LogP contribution in [-0.4, -0.2) is 44.9 Å². The molecule has 0 radical (unpaired) electrons. The Hall–Kier alpha value is -2.84. The summed E-state index contributed by atoms with van der Waals surface area (Å²) in [6.45, 7) is 3.67. The average molecular weight is 345 g/mol. The van der Waals surface area contributed by atoms with Gasteiger partial charge in [-0.15, -0.1) is 0 Å². The molecule has 0 spiro atoms. The number of aromatic amines is 1. The normalized spacial score (nSPS) is 17.4. The Labute approximate surface area is 145 Å².